The zero-order valence-electron chi connectivity index (χ0n) is 14.3. The van der Waals surface area contributed by atoms with Crippen LogP contribution in [0.3, 0.4) is 0 Å². The smallest absolute Gasteiger partial charge is 0.118 e. The first-order chi connectivity index (χ1) is 10.1. The van der Waals surface area contributed by atoms with Crippen LogP contribution in [0.5, 0.6) is 5.75 Å². The highest BCUT2D eigenvalue weighted by Crippen LogP contribution is 2.26. The molecule has 0 spiro atoms. The van der Waals surface area contributed by atoms with Crippen LogP contribution >= 0.6 is 0 Å². The predicted octanol–water partition coefficient (Wildman–Crippen LogP) is 6.73. The maximum Gasteiger partial charge on any atom is 0.118 e. The molecule has 1 atom stereocenters. The lowest BCUT2D eigenvalue weighted by molar-refractivity contribution is 0.470. The average Bonchev–Trinajstić information content (AvgIpc) is 2.48. The minimum absolute atomic E-state index is 0.411. The van der Waals surface area contributed by atoms with Crippen molar-refractivity contribution in [3.05, 3.63) is 29.3 Å². The van der Waals surface area contributed by atoms with E-state index in [1.807, 2.05) is 13.0 Å². The molecule has 0 aliphatic heterocycles. The zero-order chi connectivity index (χ0) is 15.5. The molecule has 0 fully saturated rings. The van der Waals surface area contributed by atoms with Gasteiger partial charge in [0.25, 0.3) is 0 Å². The lowest BCUT2D eigenvalue weighted by Crippen LogP contribution is -1.94. The van der Waals surface area contributed by atoms with Crippen molar-refractivity contribution < 1.29 is 5.11 Å². The molecule has 0 aliphatic carbocycles. The number of rotatable bonds is 11. The van der Waals surface area contributed by atoms with E-state index >= 15 is 0 Å². The largest absolute Gasteiger partial charge is 0.508 e. The molecule has 120 valence electrons. The van der Waals surface area contributed by atoms with E-state index in [4.69, 9.17) is 0 Å². The highest BCUT2D eigenvalue weighted by Gasteiger charge is 2.07. The van der Waals surface area contributed by atoms with Crippen LogP contribution in [0.25, 0.3) is 0 Å². The third-order valence-corrected chi connectivity index (χ3v) is 4.53. The van der Waals surface area contributed by atoms with Gasteiger partial charge in [0, 0.05) is 0 Å². The Hall–Kier alpha value is -0.980. The molecule has 1 nitrogen and oxygen atoms in total. The summed E-state index contributed by atoms with van der Waals surface area (Å²) in [6.07, 6.45) is 13.8. The van der Waals surface area contributed by atoms with Crippen LogP contribution in [0.2, 0.25) is 0 Å². The van der Waals surface area contributed by atoms with E-state index in [2.05, 4.69) is 26.0 Å². The SMILES string of the molecule is CCCCCCCCCCC[C@H](C)c1ccc(O)c(C)c1. The molecule has 1 N–H and O–H groups in total. The van der Waals surface area contributed by atoms with Crippen LogP contribution in [0.15, 0.2) is 18.2 Å². The van der Waals surface area contributed by atoms with Crippen molar-refractivity contribution in [3.63, 3.8) is 0 Å². The molecule has 21 heavy (non-hydrogen) atoms. The van der Waals surface area contributed by atoms with Gasteiger partial charge >= 0.3 is 0 Å². The fourth-order valence-corrected chi connectivity index (χ4v) is 2.91. The Bertz CT molecular complexity index is 383. The van der Waals surface area contributed by atoms with Gasteiger partial charge in [-0.2, -0.15) is 0 Å². The predicted molar refractivity (Wildman–Crippen MR) is 93.1 cm³/mol. The minimum Gasteiger partial charge on any atom is -0.508 e. The lowest BCUT2D eigenvalue weighted by atomic mass is 9.93. The van der Waals surface area contributed by atoms with Gasteiger partial charge in [-0.25, -0.2) is 0 Å². The summed E-state index contributed by atoms with van der Waals surface area (Å²) < 4.78 is 0. The molecule has 0 saturated carbocycles. The quantitative estimate of drug-likeness (QED) is 0.448. The van der Waals surface area contributed by atoms with Crippen molar-refractivity contribution in [1.82, 2.24) is 0 Å². The van der Waals surface area contributed by atoms with Crippen LogP contribution in [0.4, 0.5) is 0 Å². The molecular formula is C20H34O. The molecule has 0 saturated heterocycles. The van der Waals surface area contributed by atoms with Crippen molar-refractivity contribution in [2.45, 2.75) is 90.9 Å². The molecule has 0 bridgehead atoms. The highest BCUT2D eigenvalue weighted by molar-refractivity contribution is 5.36. The summed E-state index contributed by atoms with van der Waals surface area (Å²) in [5.41, 5.74) is 2.36. The highest BCUT2D eigenvalue weighted by atomic mass is 16.3. The molecule has 0 amide bonds. The van der Waals surface area contributed by atoms with E-state index in [0.717, 1.165) is 5.56 Å². The first-order valence-electron chi connectivity index (χ1n) is 8.94. The van der Waals surface area contributed by atoms with Gasteiger partial charge in [0.2, 0.25) is 0 Å². The van der Waals surface area contributed by atoms with Gasteiger partial charge in [0.1, 0.15) is 5.75 Å². The summed E-state index contributed by atoms with van der Waals surface area (Å²) in [7, 11) is 0. The van der Waals surface area contributed by atoms with Gasteiger partial charge in [0.15, 0.2) is 0 Å². The third kappa shape index (κ3) is 7.55. The second-order valence-corrected chi connectivity index (χ2v) is 6.56. The Balaban J connectivity index is 2.08. The fourth-order valence-electron chi connectivity index (χ4n) is 2.91. The second kappa shape index (κ2) is 10.7. The van der Waals surface area contributed by atoms with Gasteiger partial charge in [-0.3, -0.25) is 0 Å². The van der Waals surface area contributed by atoms with Crippen LogP contribution in [-0.2, 0) is 0 Å². The molecule has 0 unspecified atom stereocenters. The van der Waals surface area contributed by atoms with Crippen LogP contribution in [0.1, 0.15) is 95.1 Å². The summed E-state index contributed by atoms with van der Waals surface area (Å²) in [6, 6.07) is 6.03. The number of unbranched alkanes of at least 4 members (excludes halogenated alkanes) is 8. The van der Waals surface area contributed by atoms with Crippen molar-refractivity contribution in [1.29, 1.82) is 0 Å². The summed E-state index contributed by atoms with van der Waals surface area (Å²) in [5, 5.41) is 9.58. The summed E-state index contributed by atoms with van der Waals surface area (Å²) in [6.45, 7) is 6.55. The third-order valence-electron chi connectivity index (χ3n) is 4.53. The van der Waals surface area contributed by atoms with Crippen LogP contribution in [-0.4, -0.2) is 5.11 Å². The van der Waals surface area contributed by atoms with Crippen molar-refractivity contribution in [2.75, 3.05) is 0 Å². The first-order valence-corrected chi connectivity index (χ1v) is 8.94. The first kappa shape index (κ1) is 18.1. The lowest BCUT2D eigenvalue weighted by Gasteiger charge is -2.13. The zero-order valence-corrected chi connectivity index (χ0v) is 14.3. The van der Waals surface area contributed by atoms with Gasteiger partial charge in [0.05, 0.1) is 0 Å². The number of aryl methyl sites for hydroxylation is 1. The number of phenolic OH excluding ortho intramolecular Hbond substituents is 1. The molecule has 0 aromatic heterocycles. The average molecular weight is 290 g/mol. The fraction of sp³-hybridized carbons (Fsp3) is 0.700. The molecular weight excluding hydrogens is 256 g/mol. The molecule has 1 aromatic carbocycles. The molecule has 0 radical (unpaired) electrons. The van der Waals surface area contributed by atoms with Gasteiger partial charge in [-0.05, 0) is 36.5 Å². The van der Waals surface area contributed by atoms with E-state index in [0.29, 0.717) is 11.7 Å². The van der Waals surface area contributed by atoms with E-state index in [1.54, 1.807) is 0 Å². The van der Waals surface area contributed by atoms with Crippen LogP contribution in [0, 0.1) is 6.92 Å². The normalized spacial score (nSPS) is 12.5. The van der Waals surface area contributed by atoms with E-state index < -0.39 is 0 Å². The minimum atomic E-state index is 0.411. The Labute approximate surface area is 131 Å². The summed E-state index contributed by atoms with van der Waals surface area (Å²) in [5.74, 6) is 1.02. The van der Waals surface area contributed by atoms with Crippen molar-refractivity contribution in [2.24, 2.45) is 0 Å². The Morgan fingerprint density at radius 2 is 1.48 bits per heavy atom. The maximum atomic E-state index is 9.58. The molecule has 0 aliphatic rings. The molecule has 1 heteroatoms. The topological polar surface area (TPSA) is 20.2 Å². The van der Waals surface area contributed by atoms with Crippen molar-refractivity contribution in [3.8, 4) is 5.75 Å². The Kier molecular flexibility index (Phi) is 9.21. The molecule has 1 rings (SSSR count). The number of phenols is 1. The van der Waals surface area contributed by atoms with Gasteiger partial charge in [-0.15, -0.1) is 0 Å². The summed E-state index contributed by atoms with van der Waals surface area (Å²) in [4.78, 5) is 0. The number of aromatic hydroxyl groups is 1. The van der Waals surface area contributed by atoms with Crippen LogP contribution < -0.4 is 0 Å². The van der Waals surface area contributed by atoms with Gasteiger partial charge < -0.3 is 5.11 Å². The number of benzene rings is 1. The van der Waals surface area contributed by atoms with Crippen molar-refractivity contribution >= 4 is 0 Å². The number of hydrogen-bond donors (Lipinski definition) is 1. The number of hydrogen-bond acceptors (Lipinski definition) is 1. The van der Waals surface area contributed by atoms with E-state index in [-0.39, 0.29) is 0 Å². The monoisotopic (exact) mass is 290 g/mol. The Morgan fingerprint density at radius 1 is 0.905 bits per heavy atom. The maximum absolute atomic E-state index is 9.58. The Morgan fingerprint density at radius 3 is 2.05 bits per heavy atom. The molecule has 0 heterocycles. The summed E-state index contributed by atoms with van der Waals surface area (Å²) >= 11 is 0. The standard InChI is InChI=1S/C20H34O/c1-4-5-6-7-8-9-10-11-12-13-17(2)19-14-15-20(21)18(3)16-19/h14-17,21H,4-13H2,1-3H3/t17-/m0/s1. The second-order valence-electron chi connectivity index (χ2n) is 6.56. The molecule has 1 aromatic rings. The van der Waals surface area contributed by atoms with E-state index in [9.17, 15) is 5.11 Å². The van der Waals surface area contributed by atoms with Gasteiger partial charge in [-0.1, -0.05) is 83.8 Å². The van der Waals surface area contributed by atoms with E-state index in [1.165, 1.54) is 69.8 Å².